The first-order chi connectivity index (χ1) is 71.9. The minimum atomic E-state index is -4.53. The second-order valence-electron chi connectivity index (χ2n) is 40.7. The number of rotatable bonds is 24. The van der Waals surface area contributed by atoms with Gasteiger partial charge in [0, 0.05) is 247 Å². The molecule has 16 heterocycles. The molecule has 0 bridgehead atoms. The molecular weight excluding hydrogens is 1900 g/mol. The molecule has 11 aromatic heterocycles. The molecule has 5 amide bonds. The third-order valence-electron chi connectivity index (χ3n) is 31.1. The van der Waals surface area contributed by atoms with E-state index in [0.717, 1.165) is 123 Å². The van der Waals surface area contributed by atoms with Crippen molar-refractivity contribution < 1.29 is 37.1 Å². The van der Waals surface area contributed by atoms with Crippen LogP contribution in [0.4, 0.5) is 30.8 Å². The molecule has 3 N–H and O–H groups in total. The predicted octanol–water partition coefficient (Wildman–Crippen LogP) is 13.0. The quantitative estimate of drug-likeness (QED) is 0.0473. The first-order valence-corrected chi connectivity index (χ1v) is 52.1. The number of aromatic amines is 3. The van der Waals surface area contributed by atoms with Gasteiger partial charge in [-0.05, 0) is 194 Å². The summed E-state index contributed by atoms with van der Waals surface area (Å²) in [6.07, 6.45) is 50.3. The maximum Gasteiger partial charge on any atom is 0.433 e. The summed E-state index contributed by atoms with van der Waals surface area (Å²) in [7, 11) is 12.6. The Morgan fingerprint density at radius 2 is 0.859 bits per heavy atom. The van der Waals surface area contributed by atoms with E-state index in [1.807, 2.05) is 79.3 Å². The summed E-state index contributed by atoms with van der Waals surface area (Å²) in [5, 5.41) is 10.8. The molecule has 0 atom stereocenters. The standard InChI is InChI=1S/C24H35N3O2.C22H23F3N6O2.C22H23N7O2.C22H31N3O2.C21H24N6O2/c1-25(24(29)22-17-26(2)23(28)21-10-6-9-20(21)22)15-19-11-13-27(14-12-19)16-18-7-4-3-5-8-18;1-3-10-31-13-16(15-4-8-26-18(15)20(31)33)19(32)29(2)14-6-11-30(12-7-14)21-27-9-5-17(28-21)22(23,24)25;1-3-10-29-14-17(16-4-8-25-20(16)22(29)31)21(30)27(2)15-6-11-28(12-7-15)19-5-9-24-18(13-23)26-19;1-23(14-16-10-12-25(13-11-16)17-6-3-4-7-17)22(27)20-15-24(2)21(26)19-9-5-8-18(19)20;1-3-10-27-13-17(16-4-9-23-19(16)21(27)29)20(28)25(2)15-6-11-26(12-7-15)18-5-8-22-14-24-18/h6,9,17-19H,3-5,7-8,10-16H2,1-2H3;3-5,8-9,13-14,26H,1,6-7,10-12H2,2H3;3-5,8-9,14-15,25H,1,6-7,10-12H2,2H3;5,8,15-17H,3-4,6-7,9-14H2,1-2H3;3-5,8-9,13-15,23H,1,6-7,10-12H2,2H3. The third kappa shape index (κ3) is 24.6. The minimum absolute atomic E-state index is 0.00786. The third-order valence-corrected chi connectivity index (χ3v) is 31.1. The Kier molecular flexibility index (Phi) is 34.8. The van der Waals surface area contributed by atoms with Crippen molar-refractivity contribution in [2.45, 2.75) is 185 Å². The highest BCUT2D eigenvalue weighted by atomic mass is 19.4. The Morgan fingerprint density at radius 3 is 1.28 bits per heavy atom. The minimum Gasteiger partial charge on any atom is -0.357 e. The Morgan fingerprint density at radius 1 is 0.450 bits per heavy atom. The number of hydrogen-bond acceptors (Lipinski definition) is 22. The van der Waals surface area contributed by atoms with Gasteiger partial charge in [0.25, 0.3) is 57.3 Å². The van der Waals surface area contributed by atoms with Gasteiger partial charge in [-0.1, -0.05) is 74.6 Å². The van der Waals surface area contributed by atoms with Crippen molar-refractivity contribution in [3.63, 3.8) is 0 Å². The van der Waals surface area contributed by atoms with Crippen molar-refractivity contribution in [1.29, 1.82) is 5.26 Å². The van der Waals surface area contributed by atoms with Gasteiger partial charge in [-0.3, -0.25) is 47.9 Å². The van der Waals surface area contributed by atoms with Crippen LogP contribution in [-0.2, 0) is 52.7 Å². The first kappa shape index (κ1) is 107. The number of piperidine rings is 5. The van der Waals surface area contributed by atoms with E-state index in [9.17, 15) is 61.1 Å². The van der Waals surface area contributed by atoms with Gasteiger partial charge in [0.2, 0.25) is 11.8 Å². The average Bonchev–Trinajstić information content (AvgIpc) is 1.69. The number of hydrogen-bond donors (Lipinski definition) is 3. The second-order valence-corrected chi connectivity index (χ2v) is 40.7. The van der Waals surface area contributed by atoms with Crippen LogP contribution in [-0.4, -0.2) is 276 Å². The average molecular weight is 2040 g/mol. The number of nitrogens with zero attached hydrogens (tertiary/aromatic N) is 22. The molecule has 786 valence electrons. The molecule has 0 radical (unpaired) electrons. The Labute approximate surface area is 863 Å². The lowest BCUT2D eigenvalue weighted by molar-refractivity contribution is -0.141. The predicted molar refractivity (Wildman–Crippen MR) is 571 cm³/mol. The van der Waals surface area contributed by atoms with Crippen LogP contribution in [0.15, 0.2) is 185 Å². The highest BCUT2D eigenvalue weighted by Crippen LogP contribution is 2.36. The van der Waals surface area contributed by atoms with Gasteiger partial charge in [0.15, 0.2) is 0 Å². The molecule has 20 rings (SSSR count). The second kappa shape index (κ2) is 48.5. The molecule has 35 nitrogen and oxygen atoms in total. The zero-order valence-electron chi connectivity index (χ0n) is 86.3. The number of fused-ring (bicyclic) bond motifs is 5. The zero-order valence-corrected chi connectivity index (χ0v) is 86.3. The summed E-state index contributed by atoms with van der Waals surface area (Å²) in [6, 6.07) is 12.6. The number of aryl methyl sites for hydroxylation is 2. The molecular formula is C111H136F3N25O10. The van der Waals surface area contributed by atoms with Gasteiger partial charge in [-0.15, -0.1) is 19.7 Å². The summed E-state index contributed by atoms with van der Waals surface area (Å²) in [5.41, 5.74) is 5.61. The van der Waals surface area contributed by atoms with Crippen molar-refractivity contribution in [1.82, 2.24) is 102 Å². The van der Waals surface area contributed by atoms with Crippen LogP contribution in [0.2, 0.25) is 0 Å². The molecule has 149 heavy (non-hydrogen) atoms. The zero-order chi connectivity index (χ0) is 105. The fraction of sp³-hybridized carbons (Fsp3) is 0.468. The van der Waals surface area contributed by atoms with Crippen LogP contribution in [0.25, 0.3) is 44.9 Å². The maximum atomic E-state index is 13.4. The molecule has 5 saturated heterocycles. The summed E-state index contributed by atoms with van der Waals surface area (Å²) in [5.74, 6) is 3.52. The van der Waals surface area contributed by atoms with Crippen LogP contribution in [0.1, 0.15) is 208 Å². The van der Waals surface area contributed by atoms with E-state index >= 15 is 0 Å². The highest BCUT2D eigenvalue weighted by molar-refractivity contribution is 6.08. The number of nitriles is 1. The SMILES string of the molecule is C=CCn1cc(C(=O)N(C)C2CCN(c3ccnc(C#N)n3)CC2)c2cc[nH]c2c1=O.C=CCn1cc(C(=O)N(C)C2CCN(c3ccncn3)CC2)c2cc[nH]c2c1=O.C=CCn1cc(C(=O)N(C)C2CCN(c3nccc(C(F)(F)F)n3)CC2)c2cc[nH]c2c1=O.CN(CC1CCN(C2CCCC2)CC1)C(=O)c1cn(C)c(=O)c2c1C=CC2.CN(CC1CCN(CC2CCCCC2)CC1)C(=O)c1cn(C)c(=O)c2c1C=CC2. The number of nitrogens with one attached hydrogen (secondary N) is 3. The number of carbonyl (C=O) groups is 5. The smallest absolute Gasteiger partial charge is 0.357 e. The van der Waals surface area contributed by atoms with E-state index in [4.69, 9.17) is 5.26 Å². The number of pyridine rings is 5. The number of carbonyl (C=O) groups excluding carboxylic acids is 5. The number of alkyl halides is 3. The van der Waals surface area contributed by atoms with E-state index in [2.05, 4.69) is 84.2 Å². The van der Waals surface area contributed by atoms with Crippen molar-refractivity contribution in [3.8, 4) is 6.07 Å². The number of likely N-dealkylation sites (tertiary alicyclic amines) is 2. The number of anilines is 3. The molecule has 0 aromatic carbocycles. The van der Waals surface area contributed by atoms with Crippen molar-refractivity contribution in [2.24, 2.45) is 31.8 Å². The molecule has 0 unspecified atom stereocenters. The van der Waals surface area contributed by atoms with Gasteiger partial charge in [-0.25, -0.2) is 29.9 Å². The molecule has 0 spiro atoms. The summed E-state index contributed by atoms with van der Waals surface area (Å²) in [6.45, 7) is 23.5. The maximum absolute atomic E-state index is 13.4. The number of H-pyrrole nitrogens is 3. The van der Waals surface area contributed by atoms with E-state index in [1.54, 1.807) is 156 Å². The normalized spacial score (nSPS) is 17.1. The summed E-state index contributed by atoms with van der Waals surface area (Å²) < 4.78 is 46.4. The van der Waals surface area contributed by atoms with Gasteiger partial charge < -0.3 is 86.8 Å². The van der Waals surface area contributed by atoms with Crippen LogP contribution in [0.5, 0.6) is 0 Å². The van der Waals surface area contributed by atoms with Crippen LogP contribution < -0.4 is 42.5 Å². The van der Waals surface area contributed by atoms with E-state index in [-0.39, 0.29) is 93.8 Å². The lowest BCUT2D eigenvalue weighted by Crippen LogP contribution is -2.46. The van der Waals surface area contributed by atoms with Crippen molar-refractivity contribution in [2.75, 3.05) is 135 Å². The monoisotopic (exact) mass is 2040 g/mol. The fourth-order valence-electron chi connectivity index (χ4n) is 22.7. The number of allylic oxidation sites excluding steroid dienone is 5. The van der Waals surface area contributed by atoms with Crippen molar-refractivity contribution >= 4 is 92.0 Å². The number of amides is 5. The van der Waals surface area contributed by atoms with E-state index < -0.39 is 11.9 Å². The topological polar surface area (TPSA) is 376 Å². The number of aromatic nitrogens is 14. The van der Waals surface area contributed by atoms with Crippen molar-refractivity contribution in [3.05, 3.63) is 274 Å². The Hall–Kier alpha value is -14.7. The van der Waals surface area contributed by atoms with Gasteiger partial charge in [-0.2, -0.15) is 18.4 Å². The lowest BCUT2D eigenvalue weighted by atomic mass is 9.88. The Bertz CT molecular complexity index is 7110. The highest BCUT2D eigenvalue weighted by Gasteiger charge is 2.39. The van der Waals surface area contributed by atoms with Gasteiger partial charge in [0.1, 0.15) is 46.3 Å². The molecule has 5 aliphatic heterocycles. The van der Waals surface area contributed by atoms with Gasteiger partial charge >= 0.3 is 6.18 Å². The molecule has 7 fully saturated rings. The largest absolute Gasteiger partial charge is 0.433 e. The molecule has 9 aliphatic rings. The van der Waals surface area contributed by atoms with Crippen LogP contribution in [0.3, 0.4) is 0 Å². The van der Waals surface area contributed by atoms with Crippen LogP contribution in [0, 0.1) is 29.1 Å². The lowest BCUT2D eigenvalue weighted by Gasteiger charge is -2.37. The fourth-order valence-corrected chi connectivity index (χ4v) is 22.7. The summed E-state index contributed by atoms with van der Waals surface area (Å²) in [4.78, 5) is 182. The van der Waals surface area contributed by atoms with Crippen LogP contribution >= 0.6 is 0 Å². The number of halogens is 3. The first-order valence-electron chi connectivity index (χ1n) is 52.1. The Balaban J connectivity index is 0.000000133. The van der Waals surface area contributed by atoms with E-state index in [0.29, 0.717) is 124 Å². The molecule has 38 heteroatoms. The molecule has 4 aliphatic carbocycles. The molecule has 2 saturated carbocycles. The summed E-state index contributed by atoms with van der Waals surface area (Å²) >= 11 is 0. The molecule has 11 aromatic rings. The van der Waals surface area contributed by atoms with E-state index in [1.165, 1.54) is 130 Å². The van der Waals surface area contributed by atoms with Gasteiger partial charge in [0.05, 0.1) is 27.8 Å².